The molecule has 0 aliphatic heterocycles. The summed E-state index contributed by atoms with van der Waals surface area (Å²) in [6.07, 6.45) is 4.78. The minimum absolute atomic E-state index is 0.749. The van der Waals surface area contributed by atoms with Crippen LogP contribution in [0.1, 0.15) is 38.6 Å². The number of anilines is 1. The van der Waals surface area contributed by atoms with Gasteiger partial charge >= 0.3 is 0 Å². The van der Waals surface area contributed by atoms with Crippen LogP contribution in [0, 0.1) is 0 Å². The second-order valence-electron chi connectivity index (χ2n) is 4.95. The fraction of sp³-hybridized carbons (Fsp3) is 0.533. The third-order valence-corrected chi connectivity index (χ3v) is 4.11. The summed E-state index contributed by atoms with van der Waals surface area (Å²) < 4.78 is 2.79. The monoisotopic (exact) mass is 351 g/mol. The second-order valence-corrected chi connectivity index (χ2v) is 5.75. The molecule has 0 saturated heterocycles. The van der Waals surface area contributed by atoms with Crippen LogP contribution in [0.4, 0.5) is 5.82 Å². The van der Waals surface area contributed by atoms with Gasteiger partial charge in [-0.3, -0.25) is 4.68 Å². The third-order valence-electron chi connectivity index (χ3n) is 3.28. The van der Waals surface area contributed by atoms with Crippen LogP contribution in [0.3, 0.4) is 0 Å². The van der Waals surface area contributed by atoms with Gasteiger partial charge in [-0.15, -0.1) is 0 Å². The van der Waals surface area contributed by atoms with Gasteiger partial charge in [-0.05, 0) is 35.2 Å². The molecule has 114 valence electrons. The van der Waals surface area contributed by atoms with E-state index in [4.69, 9.17) is 4.98 Å². The average molecular weight is 352 g/mol. The average Bonchev–Trinajstić information content (AvgIpc) is 2.87. The zero-order chi connectivity index (χ0) is 15.4. The molecule has 0 atom stereocenters. The lowest BCUT2D eigenvalue weighted by atomic mass is 10.2. The molecular weight excluding hydrogens is 330 g/mol. The number of aryl methyl sites for hydroxylation is 3. The van der Waals surface area contributed by atoms with Crippen LogP contribution in [0.5, 0.6) is 0 Å². The Morgan fingerprint density at radius 2 is 1.86 bits per heavy atom. The summed E-state index contributed by atoms with van der Waals surface area (Å²) >= 11 is 3.61. The zero-order valence-electron chi connectivity index (χ0n) is 13.1. The smallest absolute Gasteiger partial charge is 0.165 e. The molecule has 6 heteroatoms. The van der Waals surface area contributed by atoms with Crippen molar-refractivity contribution in [2.75, 3.05) is 11.9 Å². The summed E-state index contributed by atoms with van der Waals surface area (Å²) in [7, 11) is 1.93. The Labute approximate surface area is 134 Å². The molecule has 1 N–H and O–H groups in total. The lowest BCUT2D eigenvalue weighted by Crippen LogP contribution is -2.07. The lowest BCUT2D eigenvalue weighted by molar-refractivity contribution is 0.746. The van der Waals surface area contributed by atoms with Gasteiger partial charge in [0.25, 0.3) is 0 Å². The second kappa shape index (κ2) is 7.02. The largest absolute Gasteiger partial charge is 0.369 e. The van der Waals surface area contributed by atoms with Gasteiger partial charge in [0, 0.05) is 19.8 Å². The molecular formula is C15H22BrN5. The maximum Gasteiger partial charge on any atom is 0.165 e. The van der Waals surface area contributed by atoms with Crippen LogP contribution in [-0.2, 0) is 19.9 Å². The van der Waals surface area contributed by atoms with Crippen molar-refractivity contribution in [2.45, 2.75) is 40.0 Å². The van der Waals surface area contributed by atoms with E-state index in [-0.39, 0.29) is 0 Å². The molecule has 0 bridgehead atoms. The van der Waals surface area contributed by atoms with Gasteiger partial charge < -0.3 is 5.32 Å². The predicted octanol–water partition coefficient (Wildman–Crippen LogP) is 3.59. The van der Waals surface area contributed by atoms with Crippen LogP contribution >= 0.6 is 15.9 Å². The van der Waals surface area contributed by atoms with Gasteiger partial charge in [0.15, 0.2) is 5.82 Å². The highest BCUT2D eigenvalue weighted by atomic mass is 79.9. The maximum atomic E-state index is 4.70. The van der Waals surface area contributed by atoms with Crippen molar-refractivity contribution >= 4 is 21.7 Å². The van der Waals surface area contributed by atoms with Crippen molar-refractivity contribution in [1.29, 1.82) is 0 Å². The molecule has 21 heavy (non-hydrogen) atoms. The Morgan fingerprint density at radius 1 is 1.14 bits per heavy atom. The van der Waals surface area contributed by atoms with Gasteiger partial charge in [-0.25, -0.2) is 9.97 Å². The molecule has 0 unspecified atom stereocenters. The minimum Gasteiger partial charge on any atom is -0.369 e. The first-order valence-electron chi connectivity index (χ1n) is 7.43. The first-order chi connectivity index (χ1) is 10.1. The summed E-state index contributed by atoms with van der Waals surface area (Å²) in [6.45, 7) is 7.23. The van der Waals surface area contributed by atoms with E-state index in [1.165, 1.54) is 0 Å². The molecule has 0 fully saturated rings. The maximum absolute atomic E-state index is 4.70. The Morgan fingerprint density at radius 3 is 2.48 bits per heavy atom. The third kappa shape index (κ3) is 3.43. The highest BCUT2D eigenvalue weighted by Crippen LogP contribution is 2.29. The van der Waals surface area contributed by atoms with E-state index in [9.17, 15) is 0 Å². The number of hydrogen-bond donors (Lipinski definition) is 1. The molecule has 5 nitrogen and oxygen atoms in total. The highest BCUT2D eigenvalue weighted by Gasteiger charge is 2.16. The number of aromatic nitrogens is 4. The molecule has 0 aromatic carbocycles. The zero-order valence-corrected chi connectivity index (χ0v) is 14.7. The number of nitrogens with zero attached hydrogens (tertiary/aromatic N) is 4. The number of hydrogen-bond acceptors (Lipinski definition) is 4. The summed E-state index contributed by atoms with van der Waals surface area (Å²) in [5, 5.41) is 7.85. The molecule has 2 aromatic rings. The molecule has 2 aromatic heterocycles. The van der Waals surface area contributed by atoms with Crippen LogP contribution in [0.25, 0.3) is 11.4 Å². The van der Waals surface area contributed by atoms with Crippen molar-refractivity contribution in [3.63, 3.8) is 0 Å². The fourth-order valence-electron chi connectivity index (χ4n) is 2.19. The minimum atomic E-state index is 0.749. The topological polar surface area (TPSA) is 55.6 Å². The van der Waals surface area contributed by atoms with E-state index in [0.29, 0.717) is 0 Å². The SMILES string of the molecule is CCCNc1nc(-c2cn(C)nc2CC)nc(CC)c1Br. The van der Waals surface area contributed by atoms with Gasteiger partial charge in [-0.1, -0.05) is 20.8 Å². The number of halogens is 1. The standard InChI is InChI=1S/C15H22BrN5/c1-5-8-17-15-13(16)12(7-3)18-14(19-15)10-9-21(4)20-11(10)6-2/h9H,5-8H2,1-4H3,(H,17,18,19). The molecule has 0 aliphatic carbocycles. The Kier molecular flexibility index (Phi) is 5.33. The predicted molar refractivity (Wildman–Crippen MR) is 89.5 cm³/mol. The van der Waals surface area contributed by atoms with E-state index in [0.717, 1.165) is 58.9 Å². The van der Waals surface area contributed by atoms with E-state index < -0.39 is 0 Å². The van der Waals surface area contributed by atoms with Crippen molar-refractivity contribution in [2.24, 2.45) is 7.05 Å². The molecule has 2 heterocycles. The van der Waals surface area contributed by atoms with Gasteiger partial charge in [-0.2, -0.15) is 5.10 Å². The van der Waals surface area contributed by atoms with Crippen LogP contribution in [0.15, 0.2) is 10.7 Å². The number of nitrogens with one attached hydrogen (secondary N) is 1. The fourth-order valence-corrected chi connectivity index (χ4v) is 2.79. The Hall–Kier alpha value is -1.43. The highest BCUT2D eigenvalue weighted by molar-refractivity contribution is 9.10. The molecule has 0 spiro atoms. The summed E-state index contributed by atoms with van der Waals surface area (Å²) in [4.78, 5) is 9.39. The van der Waals surface area contributed by atoms with Crippen molar-refractivity contribution in [3.05, 3.63) is 22.1 Å². The first kappa shape index (κ1) is 15.9. The lowest BCUT2D eigenvalue weighted by Gasteiger charge is -2.11. The molecule has 2 rings (SSSR count). The van der Waals surface area contributed by atoms with Crippen molar-refractivity contribution in [3.8, 4) is 11.4 Å². The van der Waals surface area contributed by atoms with E-state index >= 15 is 0 Å². The number of rotatable bonds is 6. The quantitative estimate of drug-likeness (QED) is 0.863. The first-order valence-corrected chi connectivity index (χ1v) is 8.23. The van der Waals surface area contributed by atoms with Crippen molar-refractivity contribution < 1.29 is 0 Å². The molecule has 0 amide bonds. The van der Waals surface area contributed by atoms with Crippen LogP contribution < -0.4 is 5.32 Å². The summed E-state index contributed by atoms with van der Waals surface area (Å²) in [6, 6.07) is 0. The van der Waals surface area contributed by atoms with Crippen LogP contribution in [-0.4, -0.2) is 26.3 Å². The Bertz CT molecular complexity index is 621. The normalized spacial score (nSPS) is 10.9. The van der Waals surface area contributed by atoms with Gasteiger partial charge in [0.2, 0.25) is 0 Å². The molecule has 0 radical (unpaired) electrons. The molecule has 0 aliphatic rings. The molecule has 0 saturated carbocycles. The summed E-state index contributed by atoms with van der Waals surface area (Å²) in [5.74, 6) is 1.61. The van der Waals surface area contributed by atoms with E-state index in [1.807, 2.05) is 17.9 Å². The van der Waals surface area contributed by atoms with Gasteiger partial charge in [0.05, 0.1) is 21.4 Å². The Balaban J connectivity index is 2.52. The van der Waals surface area contributed by atoms with Crippen molar-refractivity contribution in [1.82, 2.24) is 19.7 Å². The van der Waals surface area contributed by atoms with E-state index in [1.54, 1.807) is 0 Å². The van der Waals surface area contributed by atoms with E-state index in [2.05, 4.69) is 52.1 Å². The van der Waals surface area contributed by atoms with Crippen LogP contribution in [0.2, 0.25) is 0 Å². The summed E-state index contributed by atoms with van der Waals surface area (Å²) in [5.41, 5.74) is 3.06. The van der Waals surface area contributed by atoms with Gasteiger partial charge in [0.1, 0.15) is 5.82 Å².